The number of carbonyl (C=O) groups is 1. The molecule has 1 aliphatic heterocycles. The van der Waals surface area contributed by atoms with E-state index < -0.39 is 0 Å². The highest BCUT2D eigenvalue weighted by atomic mass is 16.5. The fourth-order valence-corrected chi connectivity index (χ4v) is 3.48. The van der Waals surface area contributed by atoms with Crippen molar-refractivity contribution in [1.82, 2.24) is 4.90 Å². The van der Waals surface area contributed by atoms with E-state index in [0.717, 1.165) is 12.8 Å². The Kier molecular flexibility index (Phi) is 5.04. The molecule has 1 saturated carbocycles. The Morgan fingerprint density at radius 3 is 2.65 bits per heavy atom. The van der Waals surface area contributed by atoms with Gasteiger partial charge in [0.1, 0.15) is 0 Å². The molecule has 0 aromatic rings. The van der Waals surface area contributed by atoms with Gasteiger partial charge in [-0.15, -0.1) is 0 Å². The Labute approximate surface area is 121 Å². The van der Waals surface area contributed by atoms with Gasteiger partial charge in [-0.3, -0.25) is 4.79 Å². The van der Waals surface area contributed by atoms with Crippen LogP contribution in [-0.2, 0) is 9.53 Å². The number of morpholine rings is 1. The number of aliphatic hydroxyl groups excluding tert-OH is 1. The van der Waals surface area contributed by atoms with Gasteiger partial charge in [0, 0.05) is 18.5 Å². The van der Waals surface area contributed by atoms with Crippen LogP contribution < -0.4 is 5.73 Å². The number of rotatable bonds is 2. The van der Waals surface area contributed by atoms with Crippen molar-refractivity contribution in [2.75, 3.05) is 19.8 Å². The molecule has 3 N–H and O–H groups in total. The first-order chi connectivity index (χ1) is 9.43. The van der Waals surface area contributed by atoms with Gasteiger partial charge in [-0.25, -0.2) is 0 Å². The molecule has 0 spiro atoms. The predicted molar refractivity (Wildman–Crippen MR) is 77.0 cm³/mol. The lowest BCUT2D eigenvalue weighted by atomic mass is 9.72. The van der Waals surface area contributed by atoms with Crippen LogP contribution in [-0.4, -0.2) is 53.9 Å². The largest absolute Gasteiger partial charge is 0.394 e. The Hall–Kier alpha value is -0.650. The van der Waals surface area contributed by atoms with Crippen molar-refractivity contribution < 1.29 is 14.6 Å². The first-order valence-electron chi connectivity index (χ1n) is 7.72. The Morgan fingerprint density at radius 1 is 1.30 bits per heavy atom. The first-order valence-corrected chi connectivity index (χ1v) is 7.72. The minimum atomic E-state index is -0.248. The predicted octanol–water partition coefficient (Wildman–Crippen LogP) is 0.604. The minimum absolute atomic E-state index is 0.0149. The van der Waals surface area contributed by atoms with E-state index in [0.29, 0.717) is 25.0 Å². The molecule has 2 aliphatic rings. The summed E-state index contributed by atoms with van der Waals surface area (Å²) >= 11 is 0. The summed E-state index contributed by atoms with van der Waals surface area (Å²) in [5.41, 5.74) is 6.15. The molecule has 1 aliphatic carbocycles. The molecule has 20 heavy (non-hydrogen) atoms. The van der Waals surface area contributed by atoms with Crippen LogP contribution >= 0.6 is 0 Å². The zero-order valence-corrected chi connectivity index (χ0v) is 12.8. The third kappa shape index (κ3) is 3.15. The van der Waals surface area contributed by atoms with Crippen molar-refractivity contribution >= 4 is 5.91 Å². The van der Waals surface area contributed by atoms with Crippen LogP contribution in [0.5, 0.6) is 0 Å². The minimum Gasteiger partial charge on any atom is -0.394 e. The van der Waals surface area contributed by atoms with Crippen LogP contribution in [0.15, 0.2) is 0 Å². The van der Waals surface area contributed by atoms with Gasteiger partial charge < -0.3 is 20.5 Å². The first kappa shape index (κ1) is 15.7. The van der Waals surface area contributed by atoms with Gasteiger partial charge in [-0.2, -0.15) is 0 Å². The summed E-state index contributed by atoms with van der Waals surface area (Å²) in [5.74, 6) is 1.07. The van der Waals surface area contributed by atoms with E-state index in [1.54, 1.807) is 0 Å². The van der Waals surface area contributed by atoms with Crippen molar-refractivity contribution in [2.24, 2.45) is 23.5 Å². The van der Waals surface area contributed by atoms with Crippen LogP contribution in [0.1, 0.15) is 33.6 Å². The normalized spacial score (nSPS) is 42.5. The molecule has 2 fully saturated rings. The highest BCUT2D eigenvalue weighted by Gasteiger charge is 2.39. The lowest BCUT2D eigenvalue weighted by molar-refractivity contribution is -0.153. The number of nitrogens with two attached hydrogens (primary N) is 1. The topological polar surface area (TPSA) is 75.8 Å². The van der Waals surface area contributed by atoms with Crippen molar-refractivity contribution in [3.63, 3.8) is 0 Å². The maximum absolute atomic E-state index is 12.8. The zero-order valence-electron chi connectivity index (χ0n) is 12.8. The number of amides is 1. The molecule has 0 radical (unpaired) electrons. The molecule has 1 amide bonds. The molecule has 0 bridgehead atoms. The molecule has 6 atom stereocenters. The molecule has 116 valence electrons. The van der Waals surface area contributed by atoms with E-state index in [1.807, 2.05) is 11.8 Å². The van der Waals surface area contributed by atoms with Crippen LogP contribution in [0.2, 0.25) is 0 Å². The quantitative estimate of drug-likeness (QED) is 0.779. The van der Waals surface area contributed by atoms with Crippen LogP contribution in [0.25, 0.3) is 0 Å². The van der Waals surface area contributed by atoms with E-state index in [1.165, 1.54) is 0 Å². The van der Waals surface area contributed by atoms with E-state index in [2.05, 4.69) is 13.8 Å². The molecular formula is C15H28N2O3. The molecule has 5 nitrogen and oxygen atoms in total. The second-order valence-electron chi connectivity index (χ2n) is 6.67. The van der Waals surface area contributed by atoms with Crippen LogP contribution in [0.4, 0.5) is 0 Å². The van der Waals surface area contributed by atoms with Gasteiger partial charge >= 0.3 is 0 Å². The Balaban J connectivity index is 2.05. The summed E-state index contributed by atoms with van der Waals surface area (Å²) in [7, 11) is 0. The van der Waals surface area contributed by atoms with E-state index >= 15 is 0 Å². The molecule has 1 saturated heterocycles. The highest BCUT2D eigenvalue weighted by molar-refractivity contribution is 5.79. The summed E-state index contributed by atoms with van der Waals surface area (Å²) in [6.45, 7) is 7.28. The number of hydrogen-bond acceptors (Lipinski definition) is 4. The maximum atomic E-state index is 12.8. The van der Waals surface area contributed by atoms with Crippen molar-refractivity contribution in [3.05, 3.63) is 0 Å². The average Bonchev–Trinajstić information content (AvgIpc) is 2.42. The van der Waals surface area contributed by atoms with Crippen molar-refractivity contribution in [3.8, 4) is 0 Å². The van der Waals surface area contributed by atoms with E-state index in [-0.39, 0.29) is 36.6 Å². The Morgan fingerprint density at radius 2 is 2.00 bits per heavy atom. The molecule has 0 aromatic carbocycles. The van der Waals surface area contributed by atoms with Gasteiger partial charge in [-0.05, 0) is 31.6 Å². The highest BCUT2D eigenvalue weighted by Crippen LogP contribution is 2.34. The second kappa shape index (κ2) is 6.41. The van der Waals surface area contributed by atoms with E-state index in [9.17, 15) is 9.90 Å². The molecule has 0 aromatic heterocycles. The lowest BCUT2D eigenvalue weighted by Gasteiger charge is -2.43. The number of ether oxygens (including phenoxy) is 1. The van der Waals surface area contributed by atoms with Crippen LogP contribution in [0.3, 0.4) is 0 Å². The second-order valence-corrected chi connectivity index (χ2v) is 6.67. The summed E-state index contributed by atoms with van der Waals surface area (Å²) < 4.78 is 5.50. The fraction of sp³-hybridized carbons (Fsp3) is 0.933. The molecule has 2 rings (SSSR count). The molecule has 6 unspecified atom stereocenters. The number of carbonyl (C=O) groups excluding carboxylic acids is 1. The van der Waals surface area contributed by atoms with Gasteiger partial charge in [0.25, 0.3) is 0 Å². The summed E-state index contributed by atoms with van der Waals surface area (Å²) in [6.07, 6.45) is 1.54. The van der Waals surface area contributed by atoms with Gasteiger partial charge in [0.15, 0.2) is 0 Å². The third-order valence-corrected chi connectivity index (χ3v) is 5.00. The van der Waals surface area contributed by atoms with Gasteiger partial charge in [0.05, 0.1) is 25.4 Å². The molecule has 1 heterocycles. The number of hydrogen-bond donors (Lipinski definition) is 2. The van der Waals surface area contributed by atoms with Crippen molar-refractivity contribution in [1.29, 1.82) is 0 Å². The molecule has 5 heteroatoms. The number of aliphatic hydroxyl groups is 1. The summed E-state index contributed by atoms with van der Waals surface area (Å²) in [4.78, 5) is 14.7. The SMILES string of the molecule is CC1CC(C)C(C(=O)N2CC(CO)OCC2C)CC1N. The fourth-order valence-electron chi connectivity index (χ4n) is 3.48. The maximum Gasteiger partial charge on any atom is 0.226 e. The average molecular weight is 284 g/mol. The standard InChI is InChI=1S/C15H28N2O3/c1-9-4-10(2)14(16)5-13(9)15(19)17-6-12(7-18)20-8-11(17)3/h9-14,18H,4-8,16H2,1-3H3. The smallest absolute Gasteiger partial charge is 0.226 e. The summed E-state index contributed by atoms with van der Waals surface area (Å²) in [5, 5.41) is 9.23. The summed E-state index contributed by atoms with van der Waals surface area (Å²) in [6, 6.07) is 0.193. The monoisotopic (exact) mass is 284 g/mol. The molecular weight excluding hydrogens is 256 g/mol. The Bertz CT molecular complexity index is 342. The van der Waals surface area contributed by atoms with E-state index in [4.69, 9.17) is 10.5 Å². The zero-order chi connectivity index (χ0) is 14.9. The van der Waals surface area contributed by atoms with Gasteiger partial charge in [-0.1, -0.05) is 13.8 Å². The van der Waals surface area contributed by atoms with Crippen molar-refractivity contribution in [2.45, 2.75) is 51.8 Å². The third-order valence-electron chi connectivity index (χ3n) is 5.00. The van der Waals surface area contributed by atoms with Crippen LogP contribution in [0, 0.1) is 17.8 Å². The number of nitrogens with zero attached hydrogens (tertiary/aromatic N) is 1. The van der Waals surface area contributed by atoms with Gasteiger partial charge in [0.2, 0.25) is 5.91 Å². The lowest BCUT2D eigenvalue weighted by Crippen LogP contribution is -2.55.